The minimum atomic E-state index is -0.438. The van der Waals surface area contributed by atoms with Gasteiger partial charge in [0.1, 0.15) is 23.1 Å². The molecule has 0 radical (unpaired) electrons. The van der Waals surface area contributed by atoms with Crippen LogP contribution in [0.1, 0.15) is 16.7 Å². The Balaban J connectivity index is 2.47. The number of ether oxygens (including phenoxy) is 1. The van der Waals surface area contributed by atoms with Crippen molar-refractivity contribution in [3.05, 3.63) is 62.2 Å². The molecule has 6 heteroatoms. The SMILES string of the molecule is Cc1cc([N+](=O)[O-])c(C)cc1Oc1cccc(Cl)c1C#N. The van der Waals surface area contributed by atoms with Gasteiger partial charge >= 0.3 is 0 Å². The second kappa shape index (κ2) is 5.81. The molecule has 2 rings (SSSR count). The highest BCUT2D eigenvalue weighted by Gasteiger charge is 2.16. The molecule has 0 aliphatic rings. The lowest BCUT2D eigenvalue weighted by molar-refractivity contribution is -0.385. The van der Waals surface area contributed by atoms with Crippen LogP contribution < -0.4 is 4.74 Å². The number of nitriles is 1. The summed E-state index contributed by atoms with van der Waals surface area (Å²) >= 11 is 5.94. The summed E-state index contributed by atoms with van der Waals surface area (Å²) in [5.41, 5.74) is 1.36. The Bertz CT molecular complexity index is 766. The standard InChI is InChI=1S/C15H11ClN2O3/c1-9-7-15(10(2)6-13(9)18(19)20)21-14-5-3-4-12(16)11(14)8-17/h3-7H,1-2H3. The third kappa shape index (κ3) is 2.96. The Morgan fingerprint density at radius 1 is 1.24 bits per heavy atom. The lowest BCUT2D eigenvalue weighted by atomic mass is 10.1. The highest BCUT2D eigenvalue weighted by Crippen LogP contribution is 2.34. The van der Waals surface area contributed by atoms with Gasteiger partial charge in [0.05, 0.1) is 9.95 Å². The highest BCUT2D eigenvalue weighted by molar-refractivity contribution is 6.31. The van der Waals surface area contributed by atoms with Crippen LogP contribution in [-0.2, 0) is 0 Å². The van der Waals surface area contributed by atoms with Crippen LogP contribution in [0.4, 0.5) is 5.69 Å². The monoisotopic (exact) mass is 302 g/mol. The molecule has 21 heavy (non-hydrogen) atoms. The van der Waals surface area contributed by atoms with Crippen molar-refractivity contribution in [2.24, 2.45) is 0 Å². The van der Waals surface area contributed by atoms with E-state index >= 15 is 0 Å². The Morgan fingerprint density at radius 2 is 1.95 bits per heavy atom. The predicted octanol–water partition coefficient (Wildman–Crippen LogP) is 4.53. The van der Waals surface area contributed by atoms with Crippen LogP contribution in [0.25, 0.3) is 0 Å². The van der Waals surface area contributed by atoms with E-state index in [1.165, 1.54) is 6.07 Å². The molecule has 2 aromatic rings. The normalized spacial score (nSPS) is 10.0. The Labute approximate surface area is 126 Å². The highest BCUT2D eigenvalue weighted by atomic mass is 35.5. The first-order valence-corrected chi connectivity index (χ1v) is 6.44. The summed E-state index contributed by atoms with van der Waals surface area (Å²) in [6, 6.07) is 9.90. The molecule has 0 aliphatic carbocycles. The van der Waals surface area contributed by atoms with Crippen LogP contribution in [0.2, 0.25) is 5.02 Å². The van der Waals surface area contributed by atoms with E-state index in [0.29, 0.717) is 27.6 Å². The summed E-state index contributed by atoms with van der Waals surface area (Å²) in [6.07, 6.45) is 0. The second-order valence-electron chi connectivity index (χ2n) is 4.49. The van der Waals surface area contributed by atoms with Crippen LogP contribution >= 0.6 is 11.6 Å². The minimum absolute atomic E-state index is 0.0338. The fourth-order valence-electron chi connectivity index (χ4n) is 1.90. The molecule has 0 bridgehead atoms. The van der Waals surface area contributed by atoms with Crippen LogP contribution in [0.3, 0.4) is 0 Å². The lowest BCUT2D eigenvalue weighted by Crippen LogP contribution is -1.96. The molecule has 5 nitrogen and oxygen atoms in total. The first-order valence-electron chi connectivity index (χ1n) is 6.06. The van der Waals surface area contributed by atoms with Gasteiger partial charge in [0, 0.05) is 11.6 Å². The average Bonchev–Trinajstić information content (AvgIpc) is 2.42. The van der Waals surface area contributed by atoms with Crippen molar-refractivity contribution in [1.82, 2.24) is 0 Å². The van der Waals surface area contributed by atoms with E-state index in [9.17, 15) is 10.1 Å². The zero-order chi connectivity index (χ0) is 15.6. The number of hydrogen-bond donors (Lipinski definition) is 0. The van der Waals surface area contributed by atoms with E-state index < -0.39 is 4.92 Å². The summed E-state index contributed by atoms with van der Waals surface area (Å²) in [6.45, 7) is 3.34. The van der Waals surface area contributed by atoms with Gasteiger partial charge in [-0.25, -0.2) is 0 Å². The predicted molar refractivity (Wildman–Crippen MR) is 78.8 cm³/mol. The molecule has 0 aliphatic heterocycles. The Morgan fingerprint density at radius 3 is 2.57 bits per heavy atom. The van der Waals surface area contributed by atoms with Crippen molar-refractivity contribution in [1.29, 1.82) is 5.26 Å². The van der Waals surface area contributed by atoms with Crippen molar-refractivity contribution in [2.45, 2.75) is 13.8 Å². The van der Waals surface area contributed by atoms with Gasteiger partial charge in [0.25, 0.3) is 5.69 Å². The zero-order valence-corrected chi connectivity index (χ0v) is 12.1. The number of rotatable bonds is 3. The molecule has 106 valence electrons. The van der Waals surface area contributed by atoms with Crippen LogP contribution in [0, 0.1) is 35.3 Å². The van der Waals surface area contributed by atoms with Gasteiger partial charge in [-0.3, -0.25) is 10.1 Å². The average molecular weight is 303 g/mol. The fraction of sp³-hybridized carbons (Fsp3) is 0.133. The molecule has 0 amide bonds. The number of aryl methyl sites for hydroxylation is 2. The molecule has 0 unspecified atom stereocenters. The summed E-state index contributed by atoms with van der Waals surface area (Å²) < 4.78 is 5.70. The fourth-order valence-corrected chi connectivity index (χ4v) is 2.11. The van der Waals surface area contributed by atoms with Gasteiger partial charge in [0.2, 0.25) is 0 Å². The minimum Gasteiger partial charge on any atom is -0.456 e. The third-order valence-electron chi connectivity index (χ3n) is 3.00. The van der Waals surface area contributed by atoms with E-state index in [-0.39, 0.29) is 11.3 Å². The Kier molecular flexibility index (Phi) is 4.10. The number of nitrogens with zero attached hydrogens (tertiary/aromatic N) is 2. The van der Waals surface area contributed by atoms with Crippen molar-refractivity contribution < 1.29 is 9.66 Å². The third-order valence-corrected chi connectivity index (χ3v) is 3.31. The van der Waals surface area contributed by atoms with Gasteiger partial charge in [0.15, 0.2) is 0 Å². The lowest BCUT2D eigenvalue weighted by Gasteiger charge is -2.11. The van der Waals surface area contributed by atoms with Gasteiger partial charge in [-0.2, -0.15) is 5.26 Å². The van der Waals surface area contributed by atoms with Gasteiger partial charge in [-0.15, -0.1) is 0 Å². The molecule has 0 saturated carbocycles. The first-order chi connectivity index (χ1) is 9.93. The van der Waals surface area contributed by atoms with E-state index in [1.807, 2.05) is 6.07 Å². The molecular formula is C15H11ClN2O3. The summed E-state index contributed by atoms with van der Waals surface area (Å²) in [5, 5.41) is 20.3. The maximum Gasteiger partial charge on any atom is 0.272 e. The van der Waals surface area contributed by atoms with Crippen molar-refractivity contribution >= 4 is 17.3 Å². The van der Waals surface area contributed by atoms with Crippen LogP contribution in [0.5, 0.6) is 11.5 Å². The molecular weight excluding hydrogens is 292 g/mol. The molecule has 0 heterocycles. The van der Waals surface area contributed by atoms with Gasteiger partial charge in [-0.05, 0) is 37.6 Å². The molecule has 0 atom stereocenters. The smallest absolute Gasteiger partial charge is 0.272 e. The van der Waals surface area contributed by atoms with E-state index in [2.05, 4.69) is 0 Å². The topological polar surface area (TPSA) is 76.2 Å². The van der Waals surface area contributed by atoms with Crippen LogP contribution in [-0.4, -0.2) is 4.92 Å². The number of halogens is 1. The van der Waals surface area contributed by atoms with Gasteiger partial charge < -0.3 is 4.74 Å². The van der Waals surface area contributed by atoms with Crippen molar-refractivity contribution in [3.63, 3.8) is 0 Å². The quantitative estimate of drug-likeness (QED) is 0.616. The molecule has 2 aromatic carbocycles. The molecule has 0 spiro atoms. The van der Waals surface area contributed by atoms with Crippen LogP contribution in [0.15, 0.2) is 30.3 Å². The van der Waals surface area contributed by atoms with Gasteiger partial charge in [-0.1, -0.05) is 17.7 Å². The maximum absolute atomic E-state index is 10.9. The second-order valence-corrected chi connectivity index (χ2v) is 4.90. The number of nitro benzene ring substituents is 1. The summed E-state index contributed by atoms with van der Waals surface area (Å²) in [7, 11) is 0. The number of hydrogen-bond acceptors (Lipinski definition) is 4. The Hall–Kier alpha value is -2.58. The maximum atomic E-state index is 10.9. The molecule has 0 fully saturated rings. The zero-order valence-electron chi connectivity index (χ0n) is 11.4. The van der Waals surface area contributed by atoms with E-state index in [4.69, 9.17) is 21.6 Å². The number of benzene rings is 2. The first kappa shape index (κ1) is 14.8. The van der Waals surface area contributed by atoms with Crippen molar-refractivity contribution in [3.8, 4) is 17.6 Å². The summed E-state index contributed by atoms with van der Waals surface area (Å²) in [5.74, 6) is 0.776. The van der Waals surface area contributed by atoms with E-state index in [0.717, 1.165) is 0 Å². The summed E-state index contributed by atoms with van der Waals surface area (Å²) in [4.78, 5) is 10.5. The van der Waals surface area contributed by atoms with Crippen molar-refractivity contribution in [2.75, 3.05) is 0 Å². The largest absolute Gasteiger partial charge is 0.456 e. The molecule has 0 saturated heterocycles. The number of nitro groups is 1. The van der Waals surface area contributed by atoms with E-state index in [1.54, 1.807) is 38.1 Å². The molecule has 0 N–H and O–H groups in total. The molecule has 0 aromatic heterocycles.